The van der Waals surface area contributed by atoms with Crippen molar-refractivity contribution in [2.75, 3.05) is 19.7 Å². The minimum atomic E-state index is -0.423. The van der Waals surface area contributed by atoms with Crippen molar-refractivity contribution in [3.63, 3.8) is 0 Å². The van der Waals surface area contributed by atoms with Gasteiger partial charge in [0.2, 0.25) is 0 Å². The van der Waals surface area contributed by atoms with E-state index in [9.17, 15) is 4.79 Å². The molecule has 78 valence electrons. The van der Waals surface area contributed by atoms with Crippen LogP contribution in [0.3, 0.4) is 0 Å². The minimum absolute atomic E-state index is 0. The Bertz CT molecular complexity index is 165. The average Bonchev–Trinajstić information content (AvgIpc) is 2.05. The fourth-order valence-electron chi connectivity index (χ4n) is 1.17. The number of hydrogen-bond acceptors (Lipinski definition) is 4. The van der Waals surface area contributed by atoms with Gasteiger partial charge >= 0.3 is 5.97 Å². The summed E-state index contributed by atoms with van der Waals surface area (Å²) in [7, 11) is 0. The summed E-state index contributed by atoms with van der Waals surface area (Å²) in [5.41, 5.74) is 0. The molecule has 1 aliphatic heterocycles. The molecule has 0 aromatic heterocycles. The average molecular weight is 210 g/mol. The molecule has 1 saturated heterocycles. The van der Waals surface area contributed by atoms with E-state index < -0.39 is 6.10 Å². The Morgan fingerprint density at radius 2 is 2.31 bits per heavy atom. The highest BCUT2D eigenvalue weighted by atomic mass is 35.5. The van der Waals surface area contributed by atoms with E-state index in [0.717, 1.165) is 6.54 Å². The Morgan fingerprint density at radius 1 is 1.62 bits per heavy atom. The maximum absolute atomic E-state index is 11.2. The number of carbonyl (C=O) groups is 1. The first-order chi connectivity index (χ1) is 5.74. The van der Waals surface area contributed by atoms with Gasteiger partial charge in [-0.15, -0.1) is 12.4 Å². The first-order valence-electron chi connectivity index (χ1n) is 4.27. The van der Waals surface area contributed by atoms with Gasteiger partial charge in [-0.1, -0.05) is 0 Å². The van der Waals surface area contributed by atoms with E-state index >= 15 is 0 Å². The predicted molar refractivity (Wildman–Crippen MR) is 51.1 cm³/mol. The number of carbonyl (C=O) groups excluding carboxylic acids is 1. The standard InChI is InChI=1S/C8H15NO3.ClH/c1-3-11-8(10)7-5-9-4-6(2)12-7;/h6-7,9H,3-5H2,1-2H3;1H/t6-,7+;/m0./s1. The molecule has 1 heterocycles. The minimum Gasteiger partial charge on any atom is -0.464 e. The molecule has 0 aliphatic carbocycles. The van der Waals surface area contributed by atoms with Gasteiger partial charge in [-0.2, -0.15) is 0 Å². The number of rotatable bonds is 2. The predicted octanol–water partition coefficient (Wildman–Crippen LogP) is 0.348. The van der Waals surface area contributed by atoms with Gasteiger partial charge in [0.15, 0.2) is 6.10 Å². The van der Waals surface area contributed by atoms with E-state index in [0.29, 0.717) is 13.2 Å². The highest BCUT2D eigenvalue weighted by molar-refractivity contribution is 5.85. The summed E-state index contributed by atoms with van der Waals surface area (Å²) in [6.45, 7) is 5.49. The SMILES string of the molecule is CCOC(=O)[C@H]1CNC[C@H](C)O1.Cl. The van der Waals surface area contributed by atoms with Crippen LogP contribution >= 0.6 is 12.4 Å². The largest absolute Gasteiger partial charge is 0.464 e. The monoisotopic (exact) mass is 209 g/mol. The molecular weight excluding hydrogens is 194 g/mol. The van der Waals surface area contributed by atoms with Crippen LogP contribution in [0.15, 0.2) is 0 Å². The Morgan fingerprint density at radius 3 is 2.85 bits per heavy atom. The normalized spacial score (nSPS) is 27.5. The Hall–Kier alpha value is -0.320. The van der Waals surface area contributed by atoms with Crippen molar-refractivity contribution < 1.29 is 14.3 Å². The van der Waals surface area contributed by atoms with Crippen LogP contribution in [0.2, 0.25) is 0 Å². The number of esters is 1. The molecule has 0 amide bonds. The van der Waals surface area contributed by atoms with E-state index in [1.807, 2.05) is 6.92 Å². The van der Waals surface area contributed by atoms with Crippen LogP contribution in [-0.2, 0) is 14.3 Å². The van der Waals surface area contributed by atoms with Crippen LogP contribution in [0.25, 0.3) is 0 Å². The zero-order valence-electron chi connectivity index (χ0n) is 7.91. The fraction of sp³-hybridized carbons (Fsp3) is 0.875. The Balaban J connectivity index is 0.00000144. The van der Waals surface area contributed by atoms with Gasteiger partial charge in [0.25, 0.3) is 0 Å². The molecule has 1 aliphatic rings. The van der Waals surface area contributed by atoms with Crippen LogP contribution in [0.5, 0.6) is 0 Å². The van der Waals surface area contributed by atoms with Crippen LogP contribution in [-0.4, -0.2) is 37.9 Å². The second-order valence-electron chi connectivity index (χ2n) is 2.85. The summed E-state index contributed by atoms with van der Waals surface area (Å²) in [5, 5.41) is 3.10. The summed E-state index contributed by atoms with van der Waals surface area (Å²) >= 11 is 0. The van der Waals surface area contributed by atoms with Gasteiger partial charge in [0.05, 0.1) is 12.7 Å². The number of nitrogens with one attached hydrogen (secondary N) is 1. The summed E-state index contributed by atoms with van der Waals surface area (Å²) in [6.07, 6.45) is -0.332. The van der Waals surface area contributed by atoms with E-state index in [1.54, 1.807) is 6.92 Å². The van der Waals surface area contributed by atoms with E-state index in [1.165, 1.54) is 0 Å². The third-order valence-corrected chi connectivity index (χ3v) is 1.71. The molecule has 0 bridgehead atoms. The van der Waals surface area contributed by atoms with Crippen LogP contribution in [0.4, 0.5) is 0 Å². The first kappa shape index (κ1) is 12.7. The molecule has 4 nitrogen and oxygen atoms in total. The molecule has 0 saturated carbocycles. The lowest BCUT2D eigenvalue weighted by Crippen LogP contribution is -2.47. The second-order valence-corrected chi connectivity index (χ2v) is 2.85. The van der Waals surface area contributed by atoms with E-state index in [2.05, 4.69) is 5.32 Å². The second kappa shape index (κ2) is 6.18. The maximum atomic E-state index is 11.2. The van der Waals surface area contributed by atoms with E-state index in [4.69, 9.17) is 9.47 Å². The van der Waals surface area contributed by atoms with Gasteiger partial charge in [0.1, 0.15) is 0 Å². The third kappa shape index (κ3) is 3.93. The molecule has 0 radical (unpaired) electrons. The molecule has 1 N–H and O–H groups in total. The highest BCUT2D eigenvalue weighted by Crippen LogP contribution is 2.04. The highest BCUT2D eigenvalue weighted by Gasteiger charge is 2.26. The smallest absolute Gasteiger partial charge is 0.336 e. The van der Waals surface area contributed by atoms with E-state index in [-0.39, 0.29) is 24.5 Å². The zero-order valence-corrected chi connectivity index (χ0v) is 8.73. The van der Waals surface area contributed by atoms with Gasteiger partial charge in [-0.05, 0) is 13.8 Å². The Labute approximate surface area is 84.4 Å². The third-order valence-electron chi connectivity index (χ3n) is 1.71. The van der Waals surface area contributed by atoms with Crippen LogP contribution < -0.4 is 5.32 Å². The van der Waals surface area contributed by atoms with Gasteiger partial charge in [-0.25, -0.2) is 4.79 Å². The number of morpholine rings is 1. The Kier molecular flexibility index (Phi) is 6.03. The molecule has 2 atom stereocenters. The molecular formula is C8H16ClNO3. The number of ether oxygens (including phenoxy) is 2. The number of hydrogen-bond donors (Lipinski definition) is 1. The van der Waals surface area contributed by atoms with Gasteiger partial charge in [0, 0.05) is 13.1 Å². The number of halogens is 1. The topological polar surface area (TPSA) is 47.6 Å². The molecule has 0 spiro atoms. The molecule has 1 rings (SSSR count). The summed E-state index contributed by atoms with van der Waals surface area (Å²) < 4.78 is 10.2. The molecule has 1 fully saturated rings. The van der Waals surface area contributed by atoms with Crippen molar-refractivity contribution in [3.05, 3.63) is 0 Å². The lowest BCUT2D eigenvalue weighted by Gasteiger charge is -2.26. The lowest BCUT2D eigenvalue weighted by molar-refractivity contribution is -0.162. The molecule has 0 unspecified atom stereocenters. The fourth-order valence-corrected chi connectivity index (χ4v) is 1.17. The quantitative estimate of drug-likeness (QED) is 0.667. The molecule has 13 heavy (non-hydrogen) atoms. The maximum Gasteiger partial charge on any atom is 0.336 e. The lowest BCUT2D eigenvalue weighted by atomic mass is 10.2. The van der Waals surface area contributed by atoms with Crippen molar-refractivity contribution in [1.29, 1.82) is 0 Å². The van der Waals surface area contributed by atoms with Crippen molar-refractivity contribution in [1.82, 2.24) is 5.32 Å². The summed E-state index contributed by atoms with van der Waals surface area (Å²) in [5.74, 6) is -0.267. The van der Waals surface area contributed by atoms with Gasteiger partial charge < -0.3 is 14.8 Å². The molecule has 5 heteroatoms. The van der Waals surface area contributed by atoms with Gasteiger partial charge in [-0.3, -0.25) is 0 Å². The van der Waals surface area contributed by atoms with Crippen molar-refractivity contribution in [2.24, 2.45) is 0 Å². The van der Waals surface area contributed by atoms with Crippen LogP contribution in [0.1, 0.15) is 13.8 Å². The molecule has 0 aromatic carbocycles. The molecule has 0 aromatic rings. The summed E-state index contributed by atoms with van der Waals surface area (Å²) in [6, 6.07) is 0. The van der Waals surface area contributed by atoms with Crippen molar-refractivity contribution >= 4 is 18.4 Å². The van der Waals surface area contributed by atoms with Crippen molar-refractivity contribution in [3.8, 4) is 0 Å². The van der Waals surface area contributed by atoms with Crippen LogP contribution in [0, 0.1) is 0 Å². The summed E-state index contributed by atoms with van der Waals surface area (Å²) in [4.78, 5) is 11.2. The zero-order chi connectivity index (χ0) is 8.97. The first-order valence-corrected chi connectivity index (χ1v) is 4.27. The van der Waals surface area contributed by atoms with Crippen molar-refractivity contribution in [2.45, 2.75) is 26.1 Å².